The molecule has 2 aromatic carbocycles. The average molecular weight is 406 g/mol. The van der Waals surface area contributed by atoms with Gasteiger partial charge in [0.05, 0.1) is 12.5 Å². The van der Waals surface area contributed by atoms with Gasteiger partial charge in [-0.3, -0.25) is 9.69 Å². The lowest BCUT2D eigenvalue weighted by Crippen LogP contribution is -2.36. The summed E-state index contributed by atoms with van der Waals surface area (Å²) in [4.78, 5) is 14.4. The molecule has 2 aromatic rings. The third-order valence-corrected chi connectivity index (χ3v) is 6.83. The van der Waals surface area contributed by atoms with Crippen LogP contribution in [0.5, 0.6) is 0 Å². The molecule has 0 aromatic heterocycles. The first-order valence-electron chi connectivity index (χ1n) is 11.7. The highest BCUT2D eigenvalue weighted by atomic mass is 16.5. The van der Waals surface area contributed by atoms with Crippen molar-refractivity contribution in [3.05, 3.63) is 53.1 Å². The van der Waals surface area contributed by atoms with Crippen LogP contribution >= 0.6 is 0 Å². The van der Waals surface area contributed by atoms with Crippen molar-refractivity contribution in [2.24, 2.45) is 11.8 Å². The summed E-state index contributed by atoms with van der Waals surface area (Å²) in [6, 6.07) is 13.7. The fourth-order valence-electron chi connectivity index (χ4n) is 4.86. The summed E-state index contributed by atoms with van der Waals surface area (Å²) in [5.41, 5.74) is 4.29. The molecule has 0 radical (unpaired) electrons. The first-order valence-corrected chi connectivity index (χ1v) is 11.7. The van der Waals surface area contributed by atoms with Crippen LogP contribution in [0, 0.1) is 11.8 Å². The number of ether oxygens (including phenoxy) is 1. The maximum atomic E-state index is 11.9. The summed E-state index contributed by atoms with van der Waals surface area (Å²) >= 11 is 0. The number of hydrogen-bond acceptors (Lipinski definition) is 3. The third kappa shape index (κ3) is 5.31. The molecule has 160 valence electrons. The fourth-order valence-corrected chi connectivity index (χ4v) is 4.86. The number of likely N-dealkylation sites (tertiary alicyclic amines) is 1. The van der Waals surface area contributed by atoms with Crippen molar-refractivity contribution in [1.82, 2.24) is 4.90 Å². The van der Waals surface area contributed by atoms with Gasteiger partial charge in [0.15, 0.2) is 0 Å². The number of nitrogens with zero attached hydrogens (tertiary/aromatic N) is 1. The minimum atomic E-state index is -0.0173. The maximum absolute atomic E-state index is 11.9. The van der Waals surface area contributed by atoms with Gasteiger partial charge in [0.1, 0.15) is 0 Å². The van der Waals surface area contributed by atoms with Gasteiger partial charge >= 0.3 is 5.97 Å². The lowest BCUT2D eigenvalue weighted by molar-refractivity contribution is -0.149. The quantitative estimate of drug-likeness (QED) is 0.554. The predicted octanol–water partition coefficient (Wildman–Crippen LogP) is 6.21. The molecule has 1 aliphatic heterocycles. The number of carbonyl (C=O) groups excluding carboxylic acids is 1. The lowest BCUT2D eigenvalue weighted by Gasteiger charge is -2.30. The van der Waals surface area contributed by atoms with Crippen molar-refractivity contribution in [2.45, 2.75) is 58.9 Å². The van der Waals surface area contributed by atoms with Gasteiger partial charge in [-0.2, -0.15) is 0 Å². The Morgan fingerprint density at radius 1 is 1.03 bits per heavy atom. The van der Waals surface area contributed by atoms with E-state index in [4.69, 9.17) is 4.74 Å². The molecule has 4 rings (SSSR count). The Bertz CT molecular complexity index is 898. The van der Waals surface area contributed by atoms with Crippen LogP contribution in [0.3, 0.4) is 0 Å². The summed E-state index contributed by atoms with van der Waals surface area (Å²) in [6.45, 7) is 7.61. The molecule has 0 unspecified atom stereocenters. The molecular formula is C27H35NO2. The normalized spacial score (nSPS) is 21.0. The third-order valence-electron chi connectivity index (χ3n) is 6.83. The zero-order valence-corrected chi connectivity index (χ0v) is 18.5. The topological polar surface area (TPSA) is 29.5 Å². The van der Waals surface area contributed by atoms with Crippen LogP contribution in [-0.4, -0.2) is 30.6 Å². The van der Waals surface area contributed by atoms with E-state index in [9.17, 15) is 4.79 Å². The number of hydrogen-bond donors (Lipinski definition) is 0. The van der Waals surface area contributed by atoms with Gasteiger partial charge in [-0.15, -0.1) is 0 Å². The van der Waals surface area contributed by atoms with Gasteiger partial charge in [0.2, 0.25) is 0 Å². The molecule has 1 saturated carbocycles. The zero-order chi connectivity index (χ0) is 20.9. The van der Waals surface area contributed by atoms with Crippen LogP contribution in [-0.2, 0) is 16.1 Å². The Hall–Kier alpha value is -2.13. The number of esters is 1. The predicted molar refractivity (Wildman–Crippen MR) is 124 cm³/mol. The van der Waals surface area contributed by atoms with E-state index in [0.29, 0.717) is 6.61 Å². The largest absolute Gasteiger partial charge is 0.466 e. The van der Waals surface area contributed by atoms with E-state index < -0.39 is 0 Å². The van der Waals surface area contributed by atoms with Crippen molar-refractivity contribution in [2.75, 3.05) is 19.7 Å². The SMILES string of the molecule is CCOC(=O)C1CCN(Cc2ccc3cc(C=C4CCC(C)CC4)ccc3c2)CC1. The van der Waals surface area contributed by atoms with E-state index in [2.05, 4.69) is 54.3 Å². The molecule has 30 heavy (non-hydrogen) atoms. The van der Waals surface area contributed by atoms with Crippen LogP contribution in [0.4, 0.5) is 0 Å². The van der Waals surface area contributed by atoms with E-state index in [-0.39, 0.29) is 11.9 Å². The molecule has 1 aliphatic carbocycles. The van der Waals surface area contributed by atoms with Crippen molar-refractivity contribution in [1.29, 1.82) is 0 Å². The van der Waals surface area contributed by atoms with Crippen molar-refractivity contribution in [3.8, 4) is 0 Å². The van der Waals surface area contributed by atoms with Gasteiger partial charge in [0, 0.05) is 6.54 Å². The summed E-state index contributed by atoms with van der Waals surface area (Å²) in [5.74, 6) is 0.946. The van der Waals surface area contributed by atoms with E-state index in [1.165, 1.54) is 47.6 Å². The minimum absolute atomic E-state index is 0.0173. The fraction of sp³-hybridized carbons (Fsp3) is 0.519. The molecule has 3 heteroatoms. The van der Waals surface area contributed by atoms with E-state index >= 15 is 0 Å². The van der Waals surface area contributed by atoms with Gasteiger partial charge in [0.25, 0.3) is 0 Å². The average Bonchev–Trinajstić information content (AvgIpc) is 2.76. The molecule has 2 aliphatic rings. The van der Waals surface area contributed by atoms with Crippen molar-refractivity contribution in [3.63, 3.8) is 0 Å². The van der Waals surface area contributed by atoms with Crippen LogP contribution in [0.25, 0.3) is 16.8 Å². The summed E-state index contributed by atoms with van der Waals surface area (Å²) < 4.78 is 5.18. The maximum Gasteiger partial charge on any atom is 0.309 e. The molecule has 0 atom stereocenters. The lowest BCUT2D eigenvalue weighted by atomic mass is 9.86. The van der Waals surface area contributed by atoms with Crippen LogP contribution in [0.2, 0.25) is 0 Å². The minimum Gasteiger partial charge on any atom is -0.466 e. The molecule has 3 nitrogen and oxygen atoms in total. The number of allylic oxidation sites excluding steroid dienone is 1. The highest BCUT2D eigenvalue weighted by molar-refractivity contribution is 5.85. The second-order valence-electron chi connectivity index (χ2n) is 9.23. The van der Waals surface area contributed by atoms with Crippen LogP contribution < -0.4 is 0 Å². The van der Waals surface area contributed by atoms with Crippen molar-refractivity contribution >= 4 is 22.8 Å². The number of benzene rings is 2. The van der Waals surface area contributed by atoms with Gasteiger partial charge in [-0.05, 0) is 98.5 Å². The monoisotopic (exact) mass is 405 g/mol. The molecule has 0 N–H and O–H groups in total. The van der Waals surface area contributed by atoms with Crippen LogP contribution in [0.1, 0.15) is 63.5 Å². The molecule has 0 amide bonds. The molecule has 0 spiro atoms. The Kier molecular flexibility index (Phi) is 6.89. The smallest absolute Gasteiger partial charge is 0.309 e. The Morgan fingerprint density at radius 2 is 1.73 bits per heavy atom. The zero-order valence-electron chi connectivity index (χ0n) is 18.5. The number of carbonyl (C=O) groups is 1. The van der Waals surface area contributed by atoms with Crippen molar-refractivity contribution < 1.29 is 9.53 Å². The van der Waals surface area contributed by atoms with Gasteiger partial charge in [-0.1, -0.05) is 42.8 Å². The van der Waals surface area contributed by atoms with Crippen LogP contribution in [0.15, 0.2) is 42.0 Å². The number of rotatable bonds is 5. The number of piperidine rings is 1. The molecule has 1 heterocycles. The summed E-state index contributed by atoms with van der Waals surface area (Å²) in [6.07, 6.45) is 9.40. The Labute approximate surface area is 181 Å². The Balaban J connectivity index is 1.37. The van der Waals surface area contributed by atoms with E-state index in [0.717, 1.165) is 38.4 Å². The summed E-state index contributed by atoms with van der Waals surface area (Å²) in [5, 5.41) is 2.63. The first-order chi connectivity index (χ1) is 14.6. The first kappa shape index (κ1) is 21.1. The highest BCUT2D eigenvalue weighted by Gasteiger charge is 2.25. The Morgan fingerprint density at radius 3 is 2.47 bits per heavy atom. The second-order valence-corrected chi connectivity index (χ2v) is 9.23. The molecule has 2 fully saturated rings. The standard InChI is InChI=1S/C27H35NO2/c1-3-30-27(29)24-12-14-28(15-13-24)19-23-9-11-25-17-22(8-10-26(25)18-23)16-21-6-4-20(2)5-7-21/h8-11,16-18,20,24H,3-7,12-15,19H2,1-2H3. The highest BCUT2D eigenvalue weighted by Crippen LogP contribution is 2.30. The molecule has 0 bridgehead atoms. The molecular weight excluding hydrogens is 370 g/mol. The van der Waals surface area contributed by atoms with Gasteiger partial charge in [-0.25, -0.2) is 0 Å². The van der Waals surface area contributed by atoms with Gasteiger partial charge < -0.3 is 4.74 Å². The van der Waals surface area contributed by atoms with E-state index in [1.54, 1.807) is 5.57 Å². The second kappa shape index (κ2) is 9.78. The molecule has 1 saturated heterocycles. The number of fused-ring (bicyclic) bond motifs is 1. The van der Waals surface area contributed by atoms with E-state index in [1.807, 2.05) is 6.92 Å². The summed E-state index contributed by atoms with van der Waals surface area (Å²) in [7, 11) is 0.